The van der Waals surface area contributed by atoms with Crippen LogP contribution in [0.3, 0.4) is 0 Å². The first-order valence-corrected chi connectivity index (χ1v) is 8.83. The molecule has 6 nitrogen and oxygen atoms in total. The van der Waals surface area contributed by atoms with E-state index in [1.54, 1.807) is 4.90 Å². The van der Waals surface area contributed by atoms with Gasteiger partial charge in [0, 0.05) is 32.6 Å². The number of ether oxygens (including phenoxy) is 1. The SMILES string of the molecule is CC(C)COC(=O)N1CCC(CC(=O)N2CCC(O)CC2)CC1. The third-order valence-electron chi connectivity index (χ3n) is 4.69. The molecule has 0 aliphatic carbocycles. The van der Waals surface area contributed by atoms with Gasteiger partial charge in [0.15, 0.2) is 0 Å². The summed E-state index contributed by atoms with van der Waals surface area (Å²) in [6.07, 6.45) is 3.17. The molecular weight excluding hydrogens is 296 g/mol. The molecule has 6 heteroatoms. The quantitative estimate of drug-likeness (QED) is 0.856. The van der Waals surface area contributed by atoms with Gasteiger partial charge in [0.1, 0.15) is 0 Å². The Morgan fingerprint density at radius 1 is 1.04 bits per heavy atom. The molecule has 2 aliphatic rings. The zero-order valence-corrected chi connectivity index (χ0v) is 14.4. The van der Waals surface area contributed by atoms with E-state index < -0.39 is 0 Å². The zero-order chi connectivity index (χ0) is 16.8. The van der Waals surface area contributed by atoms with Crippen molar-refractivity contribution in [1.29, 1.82) is 0 Å². The Morgan fingerprint density at radius 3 is 2.17 bits per heavy atom. The molecule has 2 fully saturated rings. The van der Waals surface area contributed by atoms with Gasteiger partial charge in [-0.25, -0.2) is 4.79 Å². The highest BCUT2D eigenvalue weighted by atomic mass is 16.6. The summed E-state index contributed by atoms with van der Waals surface area (Å²) in [7, 11) is 0. The van der Waals surface area contributed by atoms with Gasteiger partial charge in [0.25, 0.3) is 0 Å². The second-order valence-electron chi connectivity index (χ2n) is 7.22. The van der Waals surface area contributed by atoms with Crippen LogP contribution in [-0.2, 0) is 9.53 Å². The van der Waals surface area contributed by atoms with E-state index in [0.717, 1.165) is 12.8 Å². The minimum atomic E-state index is -0.251. The second-order valence-corrected chi connectivity index (χ2v) is 7.22. The average Bonchev–Trinajstić information content (AvgIpc) is 2.54. The van der Waals surface area contributed by atoms with Gasteiger partial charge in [0.2, 0.25) is 5.91 Å². The van der Waals surface area contributed by atoms with Gasteiger partial charge < -0.3 is 19.6 Å². The largest absolute Gasteiger partial charge is 0.449 e. The number of aliphatic hydroxyl groups excluding tert-OH is 1. The minimum absolute atomic E-state index is 0.192. The van der Waals surface area contributed by atoms with Gasteiger partial charge in [0.05, 0.1) is 12.7 Å². The molecule has 0 radical (unpaired) electrons. The Morgan fingerprint density at radius 2 is 1.61 bits per heavy atom. The van der Waals surface area contributed by atoms with Crippen molar-refractivity contribution < 1.29 is 19.4 Å². The van der Waals surface area contributed by atoms with Crippen LogP contribution in [0.25, 0.3) is 0 Å². The summed E-state index contributed by atoms with van der Waals surface area (Å²) in [5.41, 5.74) is 0. The van der Waals surface area contributed by atoms with Crippen LogP contribution in [0.4, 0.5) is 4.79 Å². The van der Waals surface area contributed by atoms with Gasteiger partial charge in [-0.15, -0.1) is 0 Å². The Kier molecular flexibility index (Phi) is 6.69. The first kappa shape index (κ1) is 18.0. The number of nitrogens with zero attached hydrogens (tertiary/aromatic N) is 2. The van der Waals surface area contributed by atoms with E-state index >= 15 is 0 Å². The Labute approximate surface area is 138 Å². The number of amides is 2. The molecule has 0 bridgehead atoms. The van der Waals surface area contributed by atoms with Gasteiger partial charge >= 0.3 is 6.09 Å². The van der Waals surface area contributed by atoms with Crippen molar-refractivity contribution in [3.63, 3.8) is 0 Å². The lowest BCUT2D eigenvalue weighted by atomic mass is 9.92. The maximum atomic E-state index is 12.3. The number of carbonyl (C=O) groups excluding carboxylic acids is 2. The molecule has 0 aromatic heterocycles. The van der Waals surface area contributed by atoms with Gasteiger partial charge in [-0.05, 0) is 37.5 Å². The molecular formula is C17H30N2O4. The predicted octanol–water partition coefficient (Wildman–Crippen LogP) is 1.86. The van der Waals surface area contributed by atoms with Crippen LogP contribution < -0.4 is 0 Å². The lowest BCUT2D eigenvalue weighted by Crippen LogP contribution is -2.43. The van der Waals surface area contributed by atoms with Gasteiger partial charge in [-0.1, -0.05) is 13.8 Å². The topological polar surface area (TPSA) is 70.1 Å². The van der Waals surface area contributed by atoms with Crippen molar-refractivity contribution in [2.24, 2.45) is 11.8 Å². The maximum absolute atomic E-state index is 12.3. The fourth-order valence-electron chi connectivity index (χ4n) is 3.14. The zero-order valence-electron chi connectivity index (χ0n) is 14.4. The monoisotopic (exact) mass is 326 g/mol. The lowest BCUT2D eigenvalue weighted by molar-refractivity contribution is -0.134. The number of carbonyl (C=O) groups is 2. The third-order valence-corrected chi connectivity index (χ3v) is 4.69. The van der Waals surface area contributed by atoms with E-state index in [-0.39, 0.29) is 18.1 Å². The Hall–Kier alpha value is -1.30. The molecule has 0 aromatic carbocycles. The number of hydrogen-bond acceptors (Lipinski definition) is 4. The summed E-state index contributed by atoms with van der Waals surface area (Å²) >= 11 is 0. The van der Waals surface area contributed by atoms with Crippen LogP contribution in [-0.4, -0.2) is 65.8 Å². The van der Waals surface area contributed by atoms with Gasteiger partial charge in [-0.2, -0.15) is 0 Å². The van der Waals surface area contributed by atoms with E-state index in [1.165, 1.54) is 0 Å². The predicted molar refractivity (Wildman–Crippen MR) is 86.9 cm³/mol. The Bertz CT molecular complexity index is 397. The molecule has 132 valence electrons. The molecule has 2 rings (SSSR count). The number of hydrogen-bond donors (Lipinski definition) is 1. The second kappa shape index (κ2) is 8.52. The van der Waals surface area contributed by atoms with E-state index in [4.69, 9.17) is 4.74 Å². The van der Waals surface area contributed by atoms with Crippen LogP contribution >= 0.6 is 0 Å². The molecule has 2 saturated heterocycles. The van der Waals surface area contributed by atoms with Crippen LogP contribution in [0.1, 0.15) is 46.0 Å². The summed E-state index contributed by atoms with van der Waals surface area (Å²) < 4.78 is 5.25. The van der Waals surface area contributed by atoms with Crippen LogP contribution in [0.5, 0.6) is 0 Å². The number of likely N-dealkylation sites (tertiary alicyclic amines) is 2. The first-order valence-electron chi connectivity index (χ1n) is 8.83. The van der Waals surface area contributed by atoms with Crippen molar-refractivity contribution in [1.82, 2.24) is 9.80 Å². The van der Waals surface area contributed by atoms with Crippen LogP contribution in [0, 0.1) is 11.8 Å². The molecule has 0 unspecified atom stereocenters. The van der Waals surface area contributed by atoms with E-state index in [1.807, 2.05) is 18.7 Å². The van der Waals surface area contributed by atoms with Crippen molar-refractivity contribution in [3.05, 3.63) is 0 Å². The summed E-state index contributed by atoms with van der Waals surface area (Å²) in [6.45, 7) is 7.18. The fraction of sp³-hybridized carbons (Fsp3) is 0.882. The Balaban J connectivity index is 1.68. The molecule has 0 atom stereocenters. The molecule has 0 spiro atoms. The van der Waals surface area contributed by atoms with E-state index in [0.29, 0.717) is 63.9 Å². The smallest absolute Gasteiger partial charge is 0.409 e. The van der Waals surface area contributed by atoms with E-state index in [2.05, 4.69) is 0 Å². The molecule has 2 heterocycles. The van der Waals surface area contributed by atoms with E-state index in [9.17, 15) is 14.7 Å². The summed E-state index contributed by atoms with van der Waals surface area (Å²) in [4.78, 5) is 27.8. The summed E-state index contributed by atoms with van der Waals surface area (Å²) in [5.74, 6) is 0.887. The van der Waals surface area contributed by atoms with Crippen molar-refractivity contribution >= 4 is 12.0 Å². The number of aliphatic hydroxyl groups is 1. The standard InChI is InChI=1S/C17H30N2O4/c1-13(2)12-23-17(22)19-7-3-14(4-8-19)11-16(21)18-9-5-15(20)6-10-18/h13-15,20H,3-12H2,1-2H3. The van der Waals surface area contributed by atoms with Crippen LogP contribution in [0.2, 0.25) is 0 Å². The highest BCUT2D eigenvalue weighted by Gasteiger charge is 2.28. The van der Waals surface area contributed by atoms with Crippen molar-refractivity contribution in [3.8, 4) is 0 Å². The number of piperidine rings is 2. The lowest BCUT2D eigenvalue weighted by Gasteiger charge is -2.34. The molecule has 23 heavy (non-hydrogen) atoms. The molecule has 1 N–H and O–H groups in total. The third kappa shape index (κ3) is 5.68. The molecule has 2 aliphatic heterocycles. The highest BCUT2D eigenvalue weighted by Crippen LogP contribution is 2.23. The van der Waals surface area contributed by atoms with Crippen LogP contribution in [0.15, 0.2) is 0 Å². The van der Waals surface area contributed by atoms with Gasteiger partial charge in [-0.3, -0.25) is 4.79 Å². The highest BCUT2D eigenvalue weighted by molar-refractivity contribution is 5.76. The van der Waals surface area contributed by atoms with Crippen molar-refractivity contribution in [2.75, 3.05) is 32.8 Å². The minimum Gasteiger partial charge on any atom is -0.449 e. The van der Waals surface area contributed by atoms with Crippen molar-refractivity contribution in [2.45, 2.75) is 52.1 Å². The molecule has 0 saturated carbocycles. The molecule has 2 amide bonds. The first-order chi connectivity index (χ1) is 11.0. The summed E-state index contributed by atoms with van der Waals surface area (Å²) in [6, 6.07) is 0. The summed E-state index contributed by atoms with van der Waals surface area (Å²) in [5, 5.41) is 9.50. The number of rotatable bonds is 4. The maximum Gasteiger partial charge on any atom is 0.409 e. The normalized spacial score (nSPS) is 20.9. The average molecular weight is 326 g/mol. The molecule has 0 aromatic rings. The fourth-order valence-corrected chi connectivity index (χ4v) is 3.14.